The van der Waals surface area contributed by atoms with Gasteiger partial charge in [0.1, 0.15) is 11.1 Å². The topological polar surface area (TPSA) is 78.4 Å². The van der Waals surface area contributed by atoms with E-state index in [0.717, 1.165) is 46.6 Å². The zero-order valence-electron chi connectivity index (χ0n) is 20.4. The van der Waals surface area contributed by atoms with Crippen molar-refractivity contribution in [1.82, 2.24) is 19.2 Å². The summed E-state index contributed by atoms with van der Waals surface area (Å²) >= 11 is 0. The van der Waals surface area contributed by atoms with Gasteiger partial charge in [-0.3, -0.25) is 9.88 Å². The van der Waals surface area contributed by atoms with Crippen LogP contribution >= 0.6 is 0 Å². The molecule has 36 heavy (non-hydrogen) atoms. The van der Waals surface area contributed by atoms with Gasteiger partial charge in [-0.25, -0.2) is 13.4 Å². The first-order valence-corrected chi connectivity index (χ1v) is 13.8. The van der Waals surface area contributed by atoms with Crippen LogP contribution in [0.25, 0.3) is 10.9 Å². The number of sulfonamides is 1. The number of nitrogens with zero attached hydrogens (tertiary/aromatic N) is 4. The van der Waals surface area contributed by atoms with Gasteiger partial charge in [0, 0.05) is 56.5 Å². The lowest BCUT2D eigenvalue weighted by Crippen LogP contribution is -2.50. The summed E-state index contributed by atoms with van der Waals surface area (Å²) in [4.78, 5) is 11.3. The molecule has 4 aromatic rings. The van der Waals surface area contributed by atoms with Crippen molar-refractivity contribution >= 4 is 26.7 Å². The van der Waals surface area contributed by atoms with Gasteiger partial charge in [-0.2, -0.15) is 4.31 Å². The number of pyridine rings is 2. The first kappa shape index (κ1) is 24.4. The monoisotopic (exact) mass is 501 g/mol. The van der Waals surface area contributed by atoms with Gasteiger partial charge in [0.25, 0.3) is 0 Å². The Labute approximate surface area is 212 Å². The zero-order valence-corrected chi connectivity index (χ0v) is 21.2. The second kappa shape index (κ2) is 10.7. The van der Waals surface area contributed by atoms with Crippen LogP contribution in [0, 0.1) is 6.92 Å². The molecule has 8 heteroatoms. The number of hydrogen-bond donors (Lipinski definition) is 1. The van der Waals surface area contributed by atoms with E-state index in [2.05, 4.69) is 20.2 Å². The van der Waals surface area contributed by atoms with Crippen LogP contribution in [0.4, 0.5) is 5.82 Å². The third-order valence-electron chi connectivity index (χ3n) is 6.74. The highest BCUT2D eigenvalue weighted by Crippen LogP contribution is 2.33. The van der Waals surface area contributed by atoms with Crippen LogP contribution in [0.5, 0.6) is 0 Å². The van der Waals surface area contributed by atoms with Gasteiger partial charge in [0.2, 0.25) is 10.0 Å². The Morgan fingerprint density at radius 1 is 0.861 bits per heavy atom. The number of aryl methyl sites for hydroxylation is 1. The van der Waals surface area contributed by atoms with Crippen LogP contribution in [0.1, 0.15) is 22.1 Å². The van der Waals surface area contributed by atoms with Crippen molar-refractivity contribution in [1.29, 1.82) is 0 Å². The molecule has 7 nitrogen and oxygen atoms in total. The van der Waals surface area contributed by atoms with Crippen molar-refractivity contribution in [2.45, 2.75) is 12.2 Å². The number of hydrogen-bond acceptors (Lipinski definition) is 6. The molecule has 0 saturated carbocycles. The summed E-state index contributed by atoms with van der Waals surface area (Å²) in [5.74, 6) is 0.836. The quantitative estimate of drug-likeness (QED) is 0.392. The van der Waals surface area contributed by atoms with Crippen molar-refractivity contribution in [2.24, 2.45) is 0 Å². The molecule has 0 atom stereocenters. The standard InChI is InChI=1S/C28H31N5O2S/c1-22-25-12-13-27(31-26(25)14-15-29-22)30-16-17-32-18-20-33(21-19-32)36(34,35)28(23-8-4-2-5-9-23)24-10-6-3-7-11-24/h2-15,28H,16-21H2,1H3,(H,30,31). The van der Waals surface area contributed by atoms with Crippen molar-refractivity contribution in [3.63, 3.8) is 0 Å². The molecule has 1 aliphatic heterocycles. The molecule has 0 aliphatic carbocycles. The van der Waals surface area contributed by atoms with Crippen LogP contribution in [-0.2, 0) is 10.0 Å². The number of aromatic nitrogens is 2. The van der Waals surface area contributed by atoms with E-state index in [1.54, 1.807) is 10.5 Å². The van der Waals surface area contributed by atoms with Gasteiger partial charge < -0.3 is 5.32 Å². The fourth-order valence-corrected chi connectivity index (χ4v) is 6.76. The first-order valence-electron chi connectivity index (χ1n) is 12.3. The van der Waals surface area contributed by atoms with E-state index in [9.17, 15) is 8.42 Å². The minimum atomic E-state index is -3.57. The maximum atomic E-state index is 13.8. The lowest BCUT2D eigenvalue weighted by Gasteiger charge is -2.36. The maximum Gasteiger partial charge on any atom is 0.225 e. The third kappa shape index (κ3) is 5.26. The number of benzene rings is 2. The predicted molar refractivity (Wildman–Crippen MR) is 144 cm³/mol. The van der Waals surface area contributed by atoms with E-state index >= 15 is 0 Å². The highest BCUT2D eigenvalue weighted by molar-refractivity contribution is 7.89. The van der Waals surface area contributed by atoms with E-state index in [0.29, 0.717) is 26.2 Å². The van der Waals surface area contributed by atoms with Gasteiger partial charge in [-0.05, 0) is 36.2 Å². The summed E-state index contributed by atoms with van der Waals surface area (Å²) in [6.07, 6.45) is 1.78. The number of piperazine rings is 1. The molecule has 0 radical (unpaired) electrons. The molecule has 0 spiro atoms. The summed E-state index contributed by atoms with van der Waals surface area (Å²) in [6.45, 7) is 5.92. The van der Waals surface area contributed by atoms with Crippen molar-refractivity contribution in [3.8, 4) is 0 Å². The van der Waals surface area contributed by atoms with Gasteiger partial charge >= 0.3 is 0 Å². The third-order valence-corrected chi connectivity index (χ3v) is 8.97. The molecule has 0 bridgehead atoms. The number of anilines is 1. The predicted octanol–water partition coefficient (Wildman–Crippen LogP) is 4.09. The fraction of sp³-hybridized carbons (Fsp3) is 0.286. The highest BCUT2D eigenvalue weighted by atomic mass is 32.2. The lowest BCUT2D eigenvalue weighted by molar-refractivity contribution is 0.193. The Hall–Kier alpha value is -3.33. The Bertz CT molecular complexity index is 1370. The summed E-state index contributed by atoms with van der Waals surface area (Å²) in [6, 6.07) is 25.0. The van der Waals surface area contributed by atoms with E-state index in [-0.39, 0.29) is 0 Å². The van der Waals surface area contributed by atoms with Crippen molar-refractivity contribution < 1.29 is 8.42 Å². The molecule has 1 fully saturated rings. The number of fused-ring (bicyclic) bond motifs is 1. The van der Waals surface area contributed by atoms with E-state index in [1.165, 1.54) is 0 Å². The Morgan fingerprint density at radius 2 is 1.50 bits per heavy atom. The average Bonchev–Trinajstić information content (AvgIpc) is 2.90. The number of nitrogens with one attached hydrogen (secondary N) is 1. The molecule has 0 amide bonds. The van der Waals surface area contributed by atoms with Crippen molar-refractivity contribution in [2.75, 3.05) is 44.6 Å². The molecule has 1 aliphatic rings. The zero-order chi connectivity index (χ0) is 25.0. The SMILES string of the molecule is Cc1nccc2nc(NCCN3CCN(S(=O)(=O)C(c4ccccc4)c4ccccc4)CC3)ccc12. The Kier molecular flexibility index (Phi) is 7.27. The van der Waals surface area contributed by atoms with Crippen LogP contribution in [0.15, 0.2) is 85.1 Å². The molecule has 2 aromatic heterocycles. The summed E-state index contributed by atoms with van der Waals surface area (Å²) < 4.78 is 29.3. The minimum absolute atomic E-state index is 0.485. The molecule has 2 aromatic carbocycles. The molecular weight excluding hydrogens is 470 g/mol. The summed E-state index contributed by atoms with van der Waals surface area (Å²) in [5, 5.41) is 3.76. The molecular formula is C28H31N5O2S. The Morgan fingerprint density at radius 3 is 2.14 bits per heavy atom. The number of rotatable bonds is 8. The van der Waals surface area contributed by atoms with Gasteiger partial charge in [0.05, 0.1) is 5.52 Å². The lowest BCUT2D eigenvalue weighted by atomic mass is 10.0. The summed E-state index contributed by atoms with van der Waals surface area (Å²) in [5.41, 5.74) is 3.49. The maximum absolute atomic E-state index is 13.8. The minimum Gasteiger partial charge on any atom is -0.369 e. The second-order valence-corrected chi connectivity index (χ2v) is 11.1. The van der Waals surface area contributed by atoms with Crippen LogP contribution < -0.4 is 5.32 Å². The van der Waals surface area contributed by atoms with E-state index < -0.39 is 15.3 Å². The molecule has 5 rings (SSSR count). The fourth-order valence-electron chi connectivity index (χ4n) is 4.79. The molecule has 1 saturated heterocycles. The van der Waals surface area contributed by atoms with E-state index in [4.69, 9.17) is 0 Å². The highest BCUT2D eigenvalue weighted by Gasteiger charge is 2.36. The smallest absolute Gasteiger partial charge is 0.225 e. The summed E-state index contributed by atoms with van der Waals surface area (Å²) in [7, 11) is -3.57. The average molecular weight is 502 g/mol. The first-order chi connectivity index (χ1) is 17.5. The van der Waals surface area contributed by atoms with Gasteiger partial charge in [-0.15, -0.1) is 0 Å². The molecule has 3 heterocycles. The normalized spacial score (nSPS) is 15.4. The molecule has 186 valence electrons. The van der Waals surface area contributed by atoms with Gasteiger partial charge in [-0.1, -0.05) is 60.7 Å². The van der Waals surface area contributed by atoms with Crippen LogP contribution in [0.2, 0.25) is 0 Å². The van der Waals surface area contributed by atoms with E-state index in [1.807, 2.05) is 85.8 Å². The Balaban J connectivity index is 1.20. The second-order valence-electron chi connectivity index (χ2n) is 9.07. The van der Waals surface area contributed by atoms with Crippen LogP contribution in [-0.4, -0.2) is 66.9 Å². The van der Waals surface area contributed by atoms with Crippen molar-refractivity contribution in [3.05, 3.63) is 102 Å². The molecule has 0 unspecified atom stereocenters. The van der Waals surface area contributed by atoms with Gasteiger partial charge in [0.15, 0.2) is 0 Å². The molecule has 1 N–H and O–H groups in total. The van der Waals surface area contributed by atoms with Crippen LogP contribution in [0.3, 0.4) is 0 Å². The largest absolute Gasteiger partial charge is 0.369 e.